The fourth-order valence-electron chi connectivity index (χ4n) is 2.77. The number of aromatic nitrogens is 2. The van der Waals surface area contributed by atoms with Crippen molar-refractivity contribution in [3.05, 3.63) is 53.3 Å². The van der Waals surface area contributed by atoms with Gasteiger partial charge in [0.15, 0.2) is 5.54 Å². The number of nitrogens with one attached hydrogen (secondary N) is 1. The molecule has 22 heavy (non-hydrogen) atoms. The quantitative estimate of drug-likeness (QED) is 0.897. The molecule has 1 aromatic carbocycles. The molecule has 2 heterocycles. The fraction of sp³-hybridized carbons (Fsp3) is 0.312. The number of carbonyl (C=O) groups is 2. The number of hydrogen-bond acceptors (Lipinski definition) is 3. The molecule has 0 radical (unpaired) electrons. The summed E-state index contributed by atoms with van der Waals surface area (Å²) >= 11 is 0. The Morgan fingerprint density at radius 2 is 2.05 bits per heavy atom. The van der Waals surface area contributed by atoms with Crippen LogP contribution in [0.4, 0.5) is 0 Å². The molecule has 1 aliphatic rings. The van der Waals surface area contributed by atoms with Crippen molar-refractivity contribution < 1.29 is 14.7 Å². The highest BCUT2D eigenvalue weighted by molar-refractivity contribution is 5.98. The highest BCUT2D eigenvalue weighted by atomic mass is 16.4. The molecule has 0 spiro atoms. The van der Waals surface area contributed by atoms with Crippen LogP contribution in [-0.2, 0) is 23.3 Å². The lowest BCUT2D eigenvalue weighted by Gasteiger charge is -2.26. The average Bonchev–Trinajstić information content (AvgIpc) is 3.10. The van der Waals surface area contributed by atoms with Gasteiger partial charge in [0.2, 0.25) is 0 Å². The van der Waals surface area contributed by atoms with Crippen LogP contribution in [0.3, 0.4) is 0 Å². The molecule has 0 bridgehead atoms. The number of benzene rings is 1. The van der Waals surface area contributed by atoms with Crippen molar-refractivity contribution in [1.82, 2.24) is 15.1 Å². The van der Waals surface area contributed by atoms with Gasteiger partial charge >= 0.3 is 5.97 Å². The van der Waals surface area contributed by atoms with Crippen molar-refractivity contribution in [2.45, 2.75) is 31.8 Å². The lowest BCUT2D eigenvalue weighted by atomic mass is 9.91. The van der Waals surface area contributed by atoms with Crippen LogP contribution in [-0.4, -0.2) is 26.8 Å². The summed E-state index contributed by atoms with van der Waals surface area (Å²) in [6, 6.07) is 8.69. The summed E-state index contributed by atoms with van der Waals surface area (Å²) in [5.41, 5.74) is 0.380. The topological polar surface area (TPSA) is 84.2 Å². The number of fused-ring (bicyclic) bond motifs is 1. The molecule has 1 amide bonds. The van der Waals surface area contributed by atoms with Crippen molar-refractivity contribution in [1.29, 1.82) is 0 Å². The minimum atomic E-state index is -1.48. The van der Waals surface area contributed by atoms with Crippen LogP contribution >= 0.6 is 0 Å². The monoisotopic (exact) mass is 299 g/mol. The molecule has 0 fully saturated rings. The Hall–Kier alpha value is -2.63. The first-order valence-corrected chi connectivity index (χ1v) is 7.18. The third-order valence-electron chi connectivity index (χ3n) is 4.12. The zero-order valence-electron chi connectivity index (χ0n) is 12.2. The first-order valence-electron chi connectivity index (χ1n) is 7.18. The molecule has 1 aliphatic heterocycles. The van der Waals surface area contributed by atoms with E-state index in [2.05, 4.69) is 10.4 Å². The predicted molar refractivity (Wildman–Crippen MR) is 79.4 cm³/mol. The smallest absolute Gasteiger partial charge is 0.333 e. The fourth-order valence-corrected chi connectivity index (χ4v) is 2.77. The van der Waals surface area contributed by atoms with Gasteiger partial charge in [0.05, 0.1) is 17.5 Å². The van der Waals surface area contributed by atoms with Crippen LogP contribution in [0.25, 0.3) is 0 Å². The van der Waals surface area contributed by atoms with E-state index in [-0.39, 0.29) is 0 Å². The number of carbonyl (C=O) groups excluding carboxylic acids is 1. The second-order valence-electron chi connectivity index (χ2n) is 5.58. The summed E-state index contributed by atoms with van der Waals surface area (Å²) in [6.07, 6.45) is 3.26. The van der Waals surface area contributed by atoms with Crippen LogP contribution in [0.1, 0.15) is 35.0 Å². The summed E-state index contributed by atoms with van der Waals surface area (Å²) in [7, 11) is 0. The first kappa shape index (κ1) is 14.3. The molecule has 1 unspecified atom stereocenters. The highest BCUT2D eigenvalue weighted by Crippen LogP contribution is 2.23. The largest absolute Gasteiger partial charge is 0.479 e. The Kier molecular flexibility index (Phi) is 3.44. The van der Waals surface area contributed by atoms with Gasteiger partial charge in [-0.15, -0.1) is 0 Å². The maximum absolute atomic E-state index is 12.5. The van der Waals surface area contributed by atoms with Crippen LogP contribution in [0.15, 0.2) is 36.5 Å². The van der Waals surface area contributed by atoms with Crippen LogP contribution in [0.2, 0.25) is 0 Å². The predicted octanol–water partition coefficient (Wildman–Crippen LogP) is 1.56. The van der Waals surface area contributed by atoms with E-state index in [1.165, 1.54) is 13.1 Å². The molecule has 0 aliphatic carbocycles. The molecule has 6 nitrogen and oxygen atoms in total. The van der Waals surface area contributed by atoms with Crippen molar-refractivity contribution in [3.8, 4) is 0 Å². The molecule has 1 atom stereocenters. The average molecular weight is 299 g/mol. The summed E-state index contributed by atoms with van der Waals surface area (Å²) in [4.78, 5) is 24.3. The zero-order valence-corrected chi connectivity index (χ0v) is 12.2. The number of carboxylic acids is 1. The molecule has 2 aromatic rings. The number of nitrogens with zero attached hydrogens (tertiary/aromatic N) is 2. The van der Waals surface area contributed by atoms with E-state index in [0.717, 1.165) is 25.1 Å². The number of amides is 1. The third-order valence-corrected chi connectivity index (χ3v) is 4.12. The lowest BCUT2D eigenvalue weighted by Crippen LogP contribution is -2.49. The second kappa shape index (κ2) is 5.29. The van der Waals surface area contributed by atoms with Crippen molar-refractivity contribution in [3.63, 3.8) is 0 Å². The Bertz CT molecular complexity index is 723. The highest BCUT2D eigenvalue weighted by Gasteiger charge is 2.38. The third kappa shape index (κ3) is 2.26. The van der Waals surface area contributed by atoms with Gasteiger partial charge in [-0.3, -0.25) is 9.48 Å². The van der Waals surface area contributed by atoms with Gasteiger partial charge in [-0.05, 0) is 25.3 Å². The SMILES string of the molecule is CC(NC(=O)c1cnn2c1CCC2)(C(=O)O)c1ccccc1. The summed E-state index contributed by atoms with van der Waals surface area (Å²) in [5, 5.41) is 16.4. The number of carboxylic acid groups (broad SMARTS) is 1. The number of aryl methyl sites for hydroxylation is 1. The lowest BCUT2D eigenvalue weighted by molar-refractivity contribution is -0.144. The molecule has 1 aromatic heterocycles. The van der Waals surface area contributed by atoms with Crippen molar-refractivity contribution in [2.24, 2.45) is 0 Å². The maximum atomic E-state index is 12.5. The molecule has 3 rings (SSSR count). The number of aliphatic carboxylic acids is 1. The van der Waals surface area contributed by atoms with Gasteiger partial charge in [-0.2, -0.15) is 5.10 Å². The van der Waals surface area contributed by atoms with E-state index in [9.17, 15) is 14.7 Å². The van der Waals surface area contributed by atoms with E-state index in [1.807, 2.05) is 0 Å². The number of rotatable bonds is 4. The van der Waals surface area contributed by atoms with Crippen LogP contribution in [0.5, 0.6) is 0 Å². The van der Waals surface area contributed by atoms with E-state index < -0.39 is 17.4 Å². The zero-order chi connectivity index (χ0) is 15.7. The minimum absolute atomic E-state index is 0.406. The Morgan fingerprint density at radius 3 is 2.73 bits per heavy atom. The molecule has 114 valence electrons. The van der Waals surface area contributed by atoms with E-state index in [0.29, 0.717) is 11.1 Å². The van der Waals surface area contributed by atoms with E-state index in [1.54, 1.807) is 35.0 Å². The maximum Gasteiger partial charge on any atom is 0.333 e. The molecule has 0 saturated heterocycles. The van der Waals surface area contributed by atoms with E-state index >= 15 is 0 Å². The summed E-state index contributed by atoms with van der Waals surface area (Å²) < 4.78 is 1.80. The summed E-state index contributed by atoms with van der Waals surface area (Å²) in [6.45, 7) is 2.30. The molecular weight excluding hydrogens is 282 g/mol. The molecule has 6 heteroatoms. The number of hydrogen-bond donors (Lipinski definition) is 2. The van der Waals surface area contributed by atoms with Gasteiger partial charge in [0.25, 0.3) is 5.91 Å². The minimum Gasteiger partial charge on any atom is -0.479 e. The van der Waals surface area contributed by atoms with Gasteiger partial charge in [-0.25, -0.2) is 4.79 Å². The first-order chi connectivity index (χ1) is 10.5. The van der Waals surface area contributed by atoms with Gasteiger partial charge in [0.1, 0.15) is 0 Å². The van der Waals surface area contributed by atoms with Gasteiger partial charge in [0, 0.05) is 6.54 Å². The van der Waals surface area contributed by atoms with Crippen LogP contribution < -0.4 is 5.32 Å². The molecule has 2 N–H and O–H groups in total. The Labute approximate surface area is 127 Å². The van der Waals surface area contributed by atoms with E-state index in [4.69, 9.17) is 0 Å². The normalized spacial score (nSPS) is 15.9. The van der Waals surface area contributed by atoms with Crippen LogP contribution in [0, 0.1) is 0 Å². The Balaban J connectivity index is 1.91. The second-order valence-corrected chi connectivity index (χ2v) is 5.58. The standard InChI is InChI=1S/C16H17N3O3/c1-16(15(21)22,11-6-3-2-4-7-11)18-14(20)12-10-17-19-9-5-8-13(12)19/h2-4,6-7,10H,5,8-9H2,1H3,(H,18,20)(H,21,22). The molecular formula is C16H17N3O3. The van der Waals surface area contributed by atoms with Gasteiger partial charge < -0.3 is 10.4 Å². The Morgan fingerprint density at radius 1 is 1.32 bits per heavy atom. The summed E-state index contributed by atoms with van der Waals surface area (Å²) in [5.74, 6) is -1.51. The van der Waals surface area contributed by atoms with Crippen molar-refractivity contribution in [2.75, 3.05) is 0 Å². The van der Waals surface area contributed by atoms with Gasteiger partial charge in [-0.1, -0.05) is 30.3 Å². The van der Waals surface area contributed by atoms with Crippen molar-refractivity contribution >= 4 is 11.9 Å². The molecule has 0 saturated carbocycles.